The van der Waals surface area contributed by atoms with Crippen LogP contribution in [-0.2, 0) is 16.0 Å². The summed E-state index contributed by atoms with van der Waals surface area (Å²) >= 11 is 2.01. The summed E-state index contributed by atoms with van der Waals surface area (Å²) < 4.78 is 17.9. The maximum Gasteiger partial charge on any atom is 0.413 e. The summed E-state index contributed by atoms with van der Waals surface area (Å²) in [7, 11) is 2.80. The number of ether oxygens (including phenoxy) is 3. The van der Waals surface area contributed by atoms with E-state index in [9.17, 15) is 14.7 Å². The first-order valence-electron chi connectivity index (χ1n) is 11.6. The van der Waals surface area contributed by atoms with E-state index >= 15 is 0 Å². The van der Waals surface area contributed by atoms with Gasteiger partial charge >= 0.3 is 12.2 Å². The highest BCUT2D eigenvalue weighted by molar-refractivity contribution is 14.1. The number of anilines is 1. The first-order valence-corrected chi connectivity index (χ1v) is 12.7. The average Bonchev–Trinajstić information content (AvgIpc) is 3.43. The first-order chi connectivity index (χ1) is 17.5. The number of nitrogens with one attached hydrogen (secondary N) is 1. The molecular weight excluding hydrogens is 595 g/mol. The lowest BCUT2D eigenvalue weighted by Gasteiger charge is -2.29. The molecule has 13 heteroatoms. The fourth-order valence-electron chi connectivity index (χ4n) is 4.25. The number of aromatic nitrogens is 4. The van der Waals surface area contributed by atoms with Crippen molar-refractivity contribution in [2.24, 2.45) is 0 Å². The van der Waals surface area contributed by atoms with Crippen LogP contribution in [0.5, 0.6) is 11.6 Å². The zero-order valence-corrected chi connectivity index (χ0v) is 23.4. The summed E-state index contributed by atoms with van der Waals surface area (Å²) in [4.78, 5) is 34.3. The Hall–Kier alpha value is -3.36. The number of amides is 2. The third-order valence-corrected chi connectivity index (χ3v) is 6.55. The van der Waals surface area contributed by atoms with Gasteiger partial charge in [-0.3, -0.25) is 10.00 Å². The first kappa shape index (κ1) is 26.7. The summed E-state index contributed by atoms with van der Waals surface area (Å²) in [6.45, 7) is 6.46. The predicted molar refractivity (Wildman–Crippen MR) is 143 cm³/mol. The molecule has 37 heavy (non-hydrogen) atoms. The second kappa shape index (κ2) is 10.6. The van der Waals surface area contributed by atoms with Crippen LogP contribution in [0, 0.1) is 3.70 Å². The highest BCUT2D eigenvalue weighted by Gasteiger charge is 2.33. The lowest BCUT2D eigenvalue weighted by Crippen LogP contribution is -2.36. The van der Waals surface area contributed by atoms with Gasteiger partial charge in [-0.05, 0) is 67.8 Å². The van der Waals surface area contributed by atoms with Crippen LogP contribution in [0.1, 0.15) is 50.8 Å². The third-order valence-electron chi connectivity index (χ3n) is 5.82. The Kier molecular flexibility index (Phi) is 7.62. The number of benzene rings is 1. The van der Waals surface area contributed by atoms with Gasteiger partial charge in [0.15, 0.2) is 5.52 Å². The van der Waals surface area contributed by atoms with Gasteiger partial charge in [0, 0.05) is 12.1 Å². The topological polar surface area (TPSA) is 141 Å². The number of rotatable bonds is 5. The molecule has 2 amide bonds. The number of likely N-dealkylation sites (tertiary alicyclic amines) is 1. The van der Waals surface area contributed by atoms with E-state index in [0.717, 1.165) is 24.0 Å². The summed E-state index contributed by atoms with van der Waals surface area (Å²) in [6.07, 6.45) is 0.639. The van der Waals surface area contributed by atoms with Crippen molar-refractivity contribution in [2.75, 3.05) is 26.1 Å². The van der Waals surface area contributed by atoms with Crippen molar-refractivity contribution in [3.63, 3.8) is 0 Å². The van der Waals surface area contributed by atoms with Crippen LogP contribution in [0.25, 0.3) is 11.0 Å². The molecule has 2 aromatic heterocycles. The number of halogens is 1. The van der Waals surface area contributed by atoms with Gasteiger partial charge in [0.05, 0.1) is 26.8 Å². The van der Waals surface area contributed by atoms with Gasteiger partial charge in [0.2, 0.25) is 11.8 Å². The van der Waals surface area contributed by atoms with Crippen LogP contribution in [0.4, 0.5) is 15.5 Å². The largest absolute Gasteiger partial charge is 0.496 e. The molecule has 0 aliphatic carbocycles. The average molecular weight is 624 g/mol. The number of carbonyl (C=O) groups excluding carboxylic acids is 2. The molecule has 0 radical (unpaired) electrons. The Balaban J connectivity index is 1.62. The molecule has 1 saturated heterocycles. The van der Waals surface area contributed by atoms with E-state index in [1.807, 2.05) is 61.6 Å². The quantitative estimate of drug-likeness (QED) is 0.394. The SMILES string of the molecule is COC(=O)Nc1nc(O)c2c(n1)c(I)nn2Cc1ccc(C2CCCN2C(=O)OC(C)(C)C)cc1OC. The molecule has 0 saturated carbocycles. The summed E-state index contributed by atoms with van der Waals surface area (Å²) in [5.74, 6) is 0.195. The van der Waals surface area contributed by atoms with Crippen LogP contribution in [0.15, 0.2) is 18.2 Å². The fraction of sp³-hybridized carbons (Fsp3) is 0.458. The number of nitrogens with zero attached hydrogens (tertiary/aromatic N) is 5. The van der Waals surface area contributed by atoms with Gasteiger partial charge in [-0.15, -0.1) is 0 Å². The molecule has 1 aliphatic heterocycles. The van der Waals surface area contributed by atoms with E-state index in [-0.39, 0.29) is 30.5 Å². The van der Waals surface area contributed by atoms with Gasteiger partial charge in [-0.25, -0.2) is 14.6 Å². The molecule has 1 atom stereocenters. The minimum absolute atomic E-state index is 0.0950. The molecule has 12 nitrogen and oxygen atoms in total. The lowest BCUT2D eigenvalue weighted by molar-refractivity contribution is 0.0224. The van der Waals surface area contributed by atoms with Gasteiger partial charge in [0.25, 0.3) is 0 Å². The van der Waals surface area contributed by atoms with Crippen molar-refractivity contribution in [3.8, 4) is 11.6 Å². The molecule has 1 aliphatic rings. The van der Waals surface area contributed by atoms with E-state index in [4.69, 9.17) is 9.47 Å². The van der Waals surface area contributed by atoms with Crippen LogP contribution in [-0.4, -0.2) is 68.3 Å². The zero-order chi connectivity index (χ0) is 26.9. The van der Waals surface area contributed by atoms with Gasteiger partial charge in [-0.2, -0.15) is 10.1 Å². The number of aromatic hydroxyl groups is 1. The van der Waals surface area contributed by atoms with E-state index in [0.29, 0.717) is 27.0 Å². The number of methoxy groups -OCH3 is 2. The molecule has 2 N–H and O–H groups in total. The predicted octanol–water partition coefficient (Wildman–Crippen LogP) is 4.44. The van der Waals surface area contributed by atoms with Crippen LogP contribution in [0.3, 0.4) is 0 Å². The molecule has 3 heterocycles. The third kappa shape index (κ3) is 5.81. The Labute approximate surface area is 227 Å². The number of carbonyl (C=O) groups is 2. The Morgan fingerprint density at radius 3 is 2.68 bits per heavy atom. The standard InChI is InChI=1S/C24H29IN6O6/c1-24(2,3)37-23(34)30-10-6-7-15(30)13-8-9-14(16(11-13)35-4)12-31-18-17(19(25)29-31)26-21(27-20(18)32)28-22(33)36-5/h8-9,11,15H,6-7,10,12H2,1-5H3,(H2,26,27,28,32,33). The summed E-state index contributed by atoms with van der Waals surface area (Å²) in [5, 5.41) is 17.4. The molecule has 3 aromatic rings. The Morgan fingerprint density at radius 2 is 2.00 bits per heavy atom. The minimum atomic E-state index is -0.751. The van der Waals surface area contributed by atoms with E-state index < -0.39 is 11.7 Å². The van der Waals surface area contributed by atoms with E-state index in [1.54, 1.807) is 16.7 Å². The van der Waals surface area contributed by atoms with Crippen LogP contribution in [0.2, 0.25) is 0 Å². The van der Waals surface area contributed by atoms with Crippen molar-refractivity contribution >= 4 is 51.8 Å². The van der Waals surface area contributed by atoms with Gasteiger partial charge in [0.1, 0.15) is 20.6 Å². The van der Waals surface area contributed by atoms with E-state index in [2.05, 4.69) is 25.1 Å². The molecule has 4 rings (SSSR count). The van der Waals surface area contributed by atoms with Gasteiger partial charge in [-0.1, -0.05) is 12.1 Å². The number of hydrogen-bond acceptors (Lipinski definition) is 9. The lowest BCUT2D eigenvalue weighted by atomic mass is 10.0. The number of hydrogen-bond donors (Lipinski definition) is 2. The zero-order valence-electron chi connectivity index (χ0n) is 21.2. The molecule has 1 fully saturated rings. The van der Waals surface area contributed by atoms with Crippen molar-refractivity contribution in [1.82, 2.24) is 24.6 Å². The molecule has 1 aromatic carbocycles. The molecule has 0 spiro atoms. The molecule has 0 bridgehead atoms. The maximum absolute atomic E-state index is 12.8. The molecule has 1 unspecified atom stereocenters. The Morgan fingerprint density at radius 1 is 1.24 bits per heavy atom. The summed E-state index contributed by atoms with van der Waals surface area (Å²) in [5.41, 5.74) is 1.90. The molecular formula is C24H29IN6O6. The fourth-order valence-corrected chi connectivity index (χ4v) is 4.89. The second-order valence-corrected chi connectivity index (χ2v) is 10.6. The van der Waals surface area contributed by atoms with Crippen molar-refractivity contribution in [2.45, 2.75) is 51.8 Å². The van der Waals surface area contributed by atoms with Crippen molar-refractivity contribution in [1.29, 1.82) is 0 Å². The maximum atomic E-state index is 12.8. The smallest absolute Gasteiger partial charge is 0.413 e. The highest BCUT2D eigenvalue weighted by Crippen LogP contribution is 2.36. The van der Waals surface area contributed by atoms with Crippen LogP contribution >= 0.6 is 22.6 Å². The molecule has 198 valence electrons. The van der Waals surface area contributed by atoms with Crippen LogP contribution < -0.4 is 10.1 Å². The highest BCUT2D eigenvalue weighted by atomic mass is 127. The summed E-state index contributed by atoms with van der Waals surface area (Å²) in [6, 6.07) is 5.71. The van der Waals surface area contributed by atoms with Crippen molar-refractivity contribution < 1.29 is 28.9 Å². The monoisotopic (exact) mass is 624 g/mol. The number of fused-ring (bicyclic) bond motifs is 1. The second-order valence-electron chi connectivity index (χ2n) is 9.54. The Bertz CT molecular complexity index is 1340. The minimum Gasteiger partial charge on any atom is -0.496 e. The van der Waals surface area contributed by atoms with Gasteiger partial charge < -0.3 is 24.2 Å². The normalized spacial score (nSPS) is 15.6. The van der Waals surface area contributed by atoms with E-state index in [1.165, 1.54) is 7.11 Å². The van der Waals surface area contributed by atoms with Crippen molar-refractivity contribution in [3.05, 3.63) is 33.0 Å².